The molecule has 0 aromatic heterocycles. The third-order valence-electron chi connectivity index (χ3n) is 1.88. The molecule has 7 heteroatoms. The number of hydrogen-bond donors (Lipinski definition) is 3. The molecule has 0 heterocycles. The summed E-state index contributed by atoms with van der Waals surface area (Å²) in [5, 5.41) is 28.0. The van der Waals surface area contributed by atoms with Crippen LogP contribution in [-0.2, 0) is 0 Å². The average Bonchev–Trinajstić information content (AvgIpc) is 2.29. The summed E-state index contributed by atoms with van der Waals surface area (Å²) in [4.78, 5) is 11.5. The van der Waals surface area contributed by atoms with Gasteiger partial charge in [0, 0.05) is 12.1 Å². The van der Waals surface area contributed by atoms with E-state index in [0.29, 0.717) is 12.1 Å². The molecular weight excluding hydrogens is 223 g/mol. The normalized spacial score (nSPS) is 9.24. The van der Waals surface area contributed by atoms with Crippen molar-refractivity contribution in [3.63, 3.8) is 0 Å². The van der Waals surface area contributed by atoms with E-state index in [9.17, 15) is 4.79 Å². The van der Waals surface area contributed by atoms with Crippen molar-refractivity contribution in [2.45, 2.75) is 6.42 Å². The third kappa shape index (κ3) is 4.55. The maximum Gasteiger partial charge on any atom is 0.707 e. The summed E-state index contributed by atoms with van der Waals surface area (Å²) in [5.41, 5.74) is 0.405. The molecule has 0 aliphatic carbocycles. The molecule has 0 aliphatic rings. The second-order valence-corrected chi connectivity index (χ2v) is 3.13. The number of nitrogens with zero attached hydrogens (tertiary/aromatic N) is 1. The van der Waals surface area contributed by atoms with Crippen LogP contribution in [0.15, 0.2) is 24.3 Å². The van der Waals surface area contributed by atoms with E-state index in [1.54, 1.807) is 0 Å². The van der Waals surface area contributed by atoms with Crippen molar-refractivity contribution in [3.8, 4) is 11.8 Å². The molecule has 0 fully saturated rings. The molecule has 3 N–H and O–H groups in total. The molecule has 0 aliphatic heterocycles. The second-order valence-electron chi connectivity index (χ2n) is 3.13. The minimum Gasteiger partial charge on any atom is -0.512 e. The van der Waals surface area contributed by atoms with Crippen LogP contribution in [0.1, 0.15) is 16.8 Å². The number of carbonyl (C=O) groups is 1. The van der Waals surface area contributed by atoms with E-state index in [-0.39, 0.29) is 18.1 Å². The lowest BCUT2D eigenvalue weighted by molar-refractivity contribution is 0.0954. The monoisotopic (exact) mass is 234 g/mol. The second kappa shape index (κ2) is 6.53. The van der Waals surface area contributed by atoms with Crippen LogP contribution in [0.5, 0.6) is 5.75 Å². The Hall–Kier alpha value is -2.04. The van der Waals surface area contributed by atoms with Crippen molar-refractivity contribution in [3.05, 3.63) is 29.8 Å². The van der Waals surface area contributed by atoms with Crippen LogP contribution in [0.4, 0.5) is 0 Å². The van der Waals surface area contributed by atoms with Crippen LogP contribution in [0, 0.1) is 11.3 Å². The largest absolute Gasteiger partial charge is 0.707 e. The SMILES string of the molecule is N#CCCNC(=O)c1ccc(OB(O)O)cc1. The molecule has 88 valence electrons. The van der Waals surface area contributed by atoms with Gasteiger partial charge in [-0.2, -0.15) is 5.26 Å². The topological polar surface area (TPSA) is 103 Å². The first-order chi connectivity index (χ1) is 8.13. The van der Waals surface area contributed by atoms with E-state index in [1.165, 1.54) is 24.3 Å². The Morgan fingerprint density at radius 3 is 2.59 bits per heavy atom. The van der Waals surface area contributed by atoms with Gasteiger partial charge < -0.3 is 20.0 Å². The fraction of sp³-hybridized carbons (Fsp3) is 0.200. The van der Waals surface area contributed by atoms with Crippen molar-refractivity contribution < 1.29 is 19.5 Å². The molecule has 1 amide bonds. The van der Waals surface area contributed by atoms with E-state index in [0.717, 1.165) is 0 Å². The highest BCUT2D eigenvalue weighted by molar-refractivity contribution is 6.33. The van der Waals surface area contributed by atoms with E-state index in [4.69, 9.17) is 15.3 Å². The Morgan fingerprint density at radius 2 is 2.06 bits per heavy atom. The van der Waals surface area contributed by atoms with Crippen molar-refractivity contribution in [2.75, 3.05) is 6.54 Å². The van der Waals surface area contributed by atoms with Crippen LogP contribution < -0.4 is 9.97 Å². The molecule has 0 atom stereocenters. The molecule has 0 unspecified atom stereocenters. The molecule has 0 saturated heterocycles. The fourth-order valence-corrected chi connectivity index (χ4v) is 1.14. The molecule has 0 radical (unpaired) electrons. The van der Waals surface area contributed by atoms with Gasteiger partial charge in [-0.05, 0) is 24.3 Å². The van der Waals surface area contributed by atoms with Gasteiger partial charge >= 0.3 is 7.32 Å². The van der Waals surface area contributed by atoms with Crippen LogP contribution in [0.3, 0.4) is 0 Å². The van der Waals surface area contributed by atoms with Gasteiger partial charge in [0.2, 0.25) is 0 Å². The lowest BCUT2D eigenvalue weighted by Gasteiger charge is -2.06. The zero-order chi connectivity index (χ0) is 12.7. The van der Waals surface area contributed by atoms with Crippen LogP contribution in [0.25, 0.3) is 0 Å². The minimum atomic E-state index is -1.88. The van der Waals surface area contributed by atoms with E-state index >= 15 is 0 Å². The van der Waals surface area contributed by atoms with Crippen molar-refractivity contribution >= 4 is 13.2 Å². The Kier molecular flexibility index (Phi) is 5.00. The van der Waals surface area contributed by atoms with Gasteiger partial charge in [0.25, 0.3) is 5.91 Å². The Bertz CT molecular complexity index is 413. The molecule has 1 aromatic carbocycles. The first-order valence-electron chi connectivity index (χ1n) is 4.91. The number of nitriles is 1. The van der Waals surface area contributed by atoms with Crippen molar-refractivity contribution in [1.29, 1.82) is 5.26 Å². The first kappa shape index (κ1) is 13.0. The van der Waals surface area contributed by atoms with E-state index in [2.05, 4.69) is 9.97 Å². The quantitative estimate of drug-likeness (QED) is 0.478. The summed E-state index contributed by atoms with van der Waals surface area (Å²) in [6, 6.07) is 7.77. The lowest BCUT2D eigenvalue weighted by atomic mass is 10.2. The number of nitrogens with one attached hydrogen (secondary N) is 1. The highest BCUT2D eigenvalue weighted by Crippen LogP contribution is 2.12. The lowest BCUT2D eigenvalue weighted by Crippen LogP contribution is -2.24. The number of hydrogen-bond acceptors (Lipinski definition) is 5. The van der Waals surface area contributed by atoms with Crippen LogP contribution >= 0.6 is 0 Å². The zero-order valence-electron chi connectivity index (χ0n) is 8.96. The van der Waals surface area contributed by atoms with E-state index < -0.39 is 7.32 Å². The summed E-state index contributed by atoms with van der Waals surface area (Å²) < 4.78 is 4.58. The van der Waals surface area contributed by atoms with Gasteiger partial charge in [-0.25, -0.2) is 0 Å². The fourth-order valence-electron chi connectivity index (χ4n) is 1.14. The summed E-state index contributed by atoms with van der Waals surface area (Å²) in [7, 11) is -1.88. The molecule has 17 heavy (non-hydrogen) atoms. The van der Waals surface area contributed by atoms with Gasteiger partial charge in [0.15, 0.2) is 0 Å². The summed E-state index contributed by atoms with van der Waals surface area (Å²) in [6.07, 6.45) is 0.254. The molecule has 1 aromatic rings. The van der Waals surface area contributed by atoms with Gasteiger partial charge in [-0.1, -0.05) is 0 Å². The molecule has 6 nitrogen and oxygen atoms in total. The van der Waals surface area contributed by atoms with Crippen molar-refractivity contribution in [1.82, 2.24) is 5.32 Å². The van der Waals surface area contributed by atoms with Gasteiger partial charge in [-0.3, -0.25) is 4.79 Å². The number of rotatable bonds is 5. The average molecular weight is 234 g/mol. The highest BCUT2D eigenvalue weighted by atomic mass is 16.6. The summed E-state index contributed by atoms with van der Waals surface area (Å²) in [5.74, 6) is -0.0510. The molecule has 1 rings (SSSR count). The highest BCUT2D eigenvalue weighted by Gasteiger charge is 2.11. The predicted molar refractivity (Wildman–Crippen MR) is 59.8 cm³/mol. The number of amides is 1. The maximum atomic E-state index is 11.5. The Labute approximate surface area is 98.6 Å². The van der Waals surface area contributed by atoms with Gasteiger partial charge in [0.1, 0.15) is 5.75 Å². The van der Waals surface area contributed by atoms with Crippen LogP contribution in [-0.4, -0.2) is 29.8 Å². The van der Waals surface area contributed by atoms with Crippen LogP contribution in [0.2, 0.25) is 0 Å². The molecule has 0 bridgehead atoms. The zero-order valence-corrected chi connectivity index (χ0v) is 8.96. The van der Waals surface area contributed by atoms with Crippen molar-refractivity contribution in [2.24, 2.45) is 0 Å². The molecule has 0 saturated carbocycles. The number of carbonyl (C=O) groups excluding carboxylic acids is 1. The Balaban J connectivity index is 2.55. The Morgan fingerprint density at radius 1 is 1.41 bits per heavy atom. The summed E-state index contributed by atoms with van der Waals surface area (Å²) >= 11 is 0. The summed E-state index contributed by atoms with van der Waals surface area (Å²) in [6.45, 7) is 0.295. The number of benzene rings is 1. The predicted octanol–water partition coefficient (Wildman–Crippen LogP) is -0.322. The minimum absolute atomic E-state index is 0.244. The molecular formula is C10H11BN2O4. The molecule has 0 spiro atoms. The standard InChI is InChI=1S/C10H11BN2O4/c12-6-1-7-13-10(14)8-2-4-9(5-3-8)17-11(15)16/h2-5,15-16H,1,7H2,(H,13,14). The smallest absolute Gasteiger partial charge is 0.512 e. The maximum absolute atomic E-state index is 11.5. The van der Waals surface area contributed by atoms with E-state index in [1.807, 2.05) is 6.07 Å². The third-order valence-corrected chi connectivity index (χ3v) is 1.88. The van der Waals surface area contributed by atoms with Gasteiger partial charge in [-0.15, -0.1) is 0 Å². The first-order valence-corrected chi connectivity index (χ1v) is 4.91. The van der Waals surface area contributed by atoms with Gasteiger partial charge in [0.05, 0.1) is 12.5 Å².